The Morgan fingerprint density at radius 1 is 1.70 bits per heavy atom. The third kappa shape index (κ3) is 2.66. The molecule has 20 heavy (non-hydrogen) atoms. The van der Waals surface area contributed by atoms with Crippen LogP contribution in [0.1, 0.15) is 18.2 Å². The summed E-state index contributed by atoms with van der Waals surface area (Å²) in [5.74, 6) is 2.18. The zero-order chi connectivity index (χ0) is 14.7. The second kappa shape index (κ2) is 5.77. The molecule has 0 amide bonds. The van der Waals surface area contributed by atoms with Crippen LogP contribution in [0.3, 0.4) is 0 Å². The van der Waals surface area contributed by atoms with Crippen LogP contribution in [0.4, 0.5) is 0 Å². The molecule has 7 nitrogen and oxygen atoms in total. The first-order valence-corrected chi connectivity index (χ1v) is 5.95. The van der Waals surface area contributed by atoms with E-state index in [1.165, 1.54) is 12.5 Å². The Balaban J connectivity index is 2.26. The van der Waals surface area contributed by atoms with Gasteiger partial charge in [-0.15, -0.1) is 6.42 Å². The van der Waals surface area contributed by atoms with Gasteiger partial charge < -0.3 is 14.6 Å². The SMILES string of the molecule is C#Cc1cn([C@H]2C[C@H](O)[C@@H](COC=C)O2)c(=O)[nH]c1=O. The first-order valence-electron chi connectivity index (χ1n) is 5.95. The molecular weight excluding hydrogens is 264 g/mol. The van der Waals surface area contributed by atoms with Crippen molar-refractivity contribution in [2.75, 3.05) is 6.61 Å². The monoisotopic (exact) mass is 278 g/mol. The average Bonchev–Trinajstić information content (AvgIpc) is 2.77. The number of nitrogens with zero attached hydrogens (tertiary/aromatic N) is 1. The zero-order valence-electron chi connectivity index (χ0n) is 10.6. The number of hydrogen-bond acceptors (Lipinski definition) is 5. The van der Waals surface area contributed by atoms with Crippen molar-refractivity contribution < 1.29 is 14.6 Å². The number of nitrogens with one attached hydrogen (secondary N) is 1. The number of aliphatic hydroxyl groups excluding tert-OH is 1. The molecule has 106 valence electrons. The predicted octanol–water partition coefficient (Wildman–Crippen LogP) is -0.674. The third-order valence-corrected chi connectivity index (χ3v) is 3.02. The molecule has 1 aliphatic rings. The van der Waals surface area contributed by atoms with Gasteiger partial charge in [-0.05, 0) is 0 Å². The minimum atomic E-state index is -0.784. The predicted molar refractivity (Wildman–Crippen MR) is 69.9 cm³/mol. The number of aromatic nitrogens is 2. The number of aliphatic hydroxyl groups is 1. The van der Waals surface area contributed by atoms with E-state index in [4.69, 9.17) is 15.9 Å². The van der Waals surface area contributed by atoms with Crippen molar-refractivity contribution in [1.82, 2.24) is 9.55 Å². The second-order valence-corrected chi connectivity index (χ2v) is 4.29. The Kier molecular flexibility index (Phi) is 4.08. The van der Waals surface area contributed by atoms with Crippen LogP contribution in [-0.2, 0) is 9.47 Å². The molecular formula is C13H14N2O5. The maximum Gasteiger partial charge on any atom is 0.330 e. The van der Waals surface area contributed by atoms with Gasteiger partial charge in [0.25, 0.3) is 5.56 Å². The van der Waals surface area contributed by atoms with Crippen LogP contribution in [0.2, 0.25) is 0 Å². The molecule has 7 heteroatoms. The Morgan fingerprint density at radius 2 is 2.45 bits per heavy atom. The lowest BCUT2D eigenvalue weighted by atomic mass is 10.2. The van der Waals surface area contributed by atoms with Crippen LogP contribution in [0.15, 0.2) is 28.6 Å². The Bertz CT molecular complexity index is 654. The first-order chi connectivity index (χ1) is 9.56. The largest absolute Gasteiger partial charge is 0.499 e. The summed E-state index contributed by atoms with van der Waals surface area (Å²) in [5.41, 5.74) is -1.25. The first kappa shape index (κ1) is 14.1. The number of aromatic amines is 1. The summed E-state index contributed by atoms with van der Waals surface area (Å²) in [6, 6.07) is 0. The Morgan fingerprint density at radius 3 is 3.10 bits per heavy atom. The fourth-order valence-corrected chi connectivity index (χ4v) is 2.00. The lowest BCUT2D eigenvalue weighted by Gasteiger charge is -2.15. The smallest absolute Gasteiger partial charge is 0.330 e. The molecule has 2 N–H and O–H groups in total. The third-order valence-electron chi connectivity index (χ3n) is 3.02. The van der Waals surface area contributed by atoms with Crippen LogP contribution in [-0.4, -0.2) is 33.5 Å². The molecule has 0 aromatic carbocycles. The molecule has 1 fully saturated rings. The van der Waals surface area contributed by atoms with E-state index in [9.17, 15) is 14.7 Å². The fourth-order valence-electron chi connectivity index (χ4n) is 2.00. The summed E-state index contributed by atoms with van der Waals surface area (Å²) in [6.45, 7) is 3.52. The van der Waals surface area contributed by atoms with Crippen LogP contribution in [0, 0.1) is 12.3 Å². The average molecular weight is 278 g/mol. The molecule has 2 rings (SSSR count). The Labute approximate surface area is 114 Å². The molecule has 1 aliphatic heterocycles. The lowest BCUT2D eigenvalue weighted by molar-refractivity contribution is -0.0484. The minimum absolute atomic E-state index is 0.0217. The van der Waals surface area contributed by atoms with Gasteiger partial charge in [0.2, 0.25) is 0 Å². The molecule has 1 aromatic heterocycles. The van der Waals surface area contributed by atoms with Gasteiger partial charge in [-0.25, -0.2) is 4.79 Å². The van der Waals surface area contributed by atoms with E-state index < -0.39 is 29.7 Å². The summed E-state index contributed by atoms with van der Waals surface area (Å²) in [5, 5.41) is 9.85. The van der Waals surface area contributed by atoms with Crippen LogP contribution in [0.25, 0.3) is 0 Å². The van der Waals surface area contributed by atoms with Crippen LogP contribution < -0.4 is 11.2 Å². The van der Waals surface area contributed by atoms with E-state index in [-0.39, 0.29) is 18.6 Å². The topological polar surface area (TPSA) is 93.6 Å². The van der Waals surface area contributed by atoms with Gasteiger partial charge in [0.1, 0.15) is 24.5 Å². The van der Waals surface area contributed by atoms with Gasteiger partial charge in [0, 0.05) is 12.6 Å². The van der Waals surface area contributed by atoms with Crippen molar-refractivity contribution >= 4 is 0 Å². The maximum atomic E-state index is 11.8. The number of H-pyrrole nitrogens is 1. The van der Waals surface area contributed by atoms with Crippen molar-refractivity contribution in [3.05, 3.63) is 45.4 Å². The number of rotatable bonds is 4. The molecule has 3 atom stereocenters. The van der Waals surface area contributed by atoms with Gasteiger partial charge >= 0.3 is 5.69 Å². The summed E-state index contributed by atoms with van der Waals surface area (Å²) in [6.07, 6.45) is 5.79. The molecule has 0 aliphatic carbocycles. The highest BCUT2D eigenvalue weighted by atomic mass is 16.6. The molecule has 0 radical (unpaired) electrons. The normalized spacial score (nSPS) is 25.1. The van der Waals surface area contributed by atoms with Crippen LogP contribution >= 0.6 is 0 Å². The maximum absolute atomic E-state index is 11.8. The van der Waals surface area contributed by atoms with Gasteiger partial charge in [-0.3, -0.25) is 14.3 Å². The number of terminal acetylenes is 1. The summed E-state index contributed by atoms with van der Waals surface area (Å²) < 4.78 is 11.7. The molecule has 1 saturated heterocycles. The molecule has 2 heterocycles. The highest BCUT2D eigenvalue weighted by Crippen LogP contribution is 2.27. The quantitative estimate of drug-likeness (QED) is 0.562. The van der Waals surface area contributed by atoms with Gasteiger partial charge in [-0.1, -0.05) is 12.5 Å². The van der Waals surface area contributed by atoms with E-state index >= 15 is 0 Å². The molecule has 0 bridgehead atoms. The van der Waals surface area contributed by atoms with E-state index in [0.29, 0.717) is 0 Å². The summed E-state index contributed by atoms with van der Waals surface area (Å²) in [7, 11) is 0. The molecule has 0 spiro atoms. The van der Waals surface area contributed by atoms with Crippen molar-refractivity contribution in [2.45, 2.75) is 24.9 Å². The number of ether oxygens (including phenoxy) is 2. The highest BCUT2D eigenvalue weighted by molar-refractivity contribution is 5.26. The molecule has 1 aromatic rings. The van der Waals surface area contributed by atoms with E-state index in [1.54, 1.807) is 0 Å². The van der Waals surface area contributed by atoms with Crippen molar-refractivity contribution in [1.29, 1.82) is 0 Å². The zero-order valence-corrected chi connectivity index (χ0v) is 10.6. The minimum Gasteiger partial charge on any atom is -0.499 e. The summed E-state index contributed by atoms with van der Waals surface area (Å²) in [4.78, 5) is 25.2. The van der Waals surface area contributed by atoms with E-state index in [2.05, 4.69) is 17.5 Å². The molecule has 0 unspecified atom stereocenters. The van der Waals surface area contributed by atoms with E-state index in [0.717, 1.165) is 4.57 Å². The van der Waals surface area contributed by atoms with Gasteiger partial charge in [0.05, 0.1) is 12.4 Å². The number of hydrogen-bond donors (Lipinski definition) is 2. The van der Waals surface area contributed by atoms with E-state index in [1.807, 2.05) is 0 Å². The van der Waals surface area contributed by atoms with Crippen molar-refractivity contribution in [3.8, 4) is 12.3 Å². The lowest BCUT2D eigenvalue weighted by Crippen LogP contribution is -2.33. The molecule has 0 saturated carbocycles. The fraction of sp³-hybridized carbons (Fsp3) is 0.385. The standard InChI is InChI=1S/C13H14N2O5/c1-3-8-6-15(13(18)14-12(8)17)11-5-9(16)10(20-11)7-19-4-2/h1,4,6,9-11,16H,2,5,7H2,(H,14,17,18)/t9-,10+,11+/m0/s1. The van der Waals surface area contributed by atoms with Crippen LogP contribution in [0.5, 0.6) is 0 Å². The van der Waals surface area contributed by atoms with Crippen molar-refractivity contribution in [2.24, 2.45) is 0 Å². The van der Waals surface area contributed by atoms with Gasteiger partial charge in [0.15, 0.2) is 0 Å². The van der Waals surface area contributed by atoms with Crippen molar-refractivity contribution in [3.63, 3.8) is 0 Å². The highest BCUT2D eigenvalue weighted by Gasteiger charge is 2.35. The Hall–Kier alpha value is -2.30. The summed E-state index contributed by atoms with van der Waals surface area (Å²) >= 11 is 0. The second-order valence-electron chi connectivity index (χ2n) is 4.29. The van der Waals surface area contributed by atoms with Gasteiger partial charge in [-0.2, -0.15) is 0 Å².